The average molecular weight is 316 g/mol. The molecule has 0 amide bonds. The van der Waals surface area contributed by atoms with Crippen LogP contribution < -0.4 is 0 Å². The number of unbranched alkanes of at least 4 members (excludes halogenated alkanes) is 2. The standard InChI is InChI=1S/C16H26ClNO3/c1-16(20-12-13-21-16)9-4-2-3-6-14(17)7-5-8-15-18-10-11-19-15/h10-11,14H,2-9,12-13H2,1H3. The fourth-order valence-electron chi connectivity index (χ4n) is 2.69. The molecule has 0 saturated carbocycles. The molecule has 2 heterocycles. The Morgan fingerprint density at radius 3 is 2.67 bits per heavy atom. The van der Waals surface area contributed by atoms with Crippen LogP contribution in [0.25, 0.3) is 0 Å². The van der Waals surface area contributed by atoms with Gasteiger partial charge in [0.15, 0.2) is 11.7 Å². The SMILES string of the molecule is CC1(CCCCCC(Cl)CCCc2ncco2)OCCO1. The summed E-state index contributed by atoms with van der Waals surface area (Å²) in [6.45, 7) is 3.49. The van der Waals surface area contributed by atoms with Crippen LogP contribution >= 0.6 is 11.6 Å². The van der Waals surface area contributed by atoms with E-state index in [1.807, 2.05) is 6.92 Å². The molecular formula is C16H26ClNO3. The summed E-state index contributed by atoms with van der Waals surface area (Å²) >= 11 is 6.35. The molecule has 0 radical (unpaired) electrons. The molecule has 0 aromatic carbocycles. The van der Waals surface area contributed by atoms with Gasteiger partial charge in [-0.2, -0.15) is 0 Å². The lowest BCUT2D eigenvalue weighted by molar-refractivity contribution is -0.147. The van der Waals surface area contributed by atoms with Crippen molar-refractivity contribution in [3.63, 3.8) is 0 Å². The van der Waals surface area contributed by atoms with Crippen LogP contribution in [-0.4, -0.2) is 29.4 Å². The van der Waals surface area contributed by atoms with E-state index in [1.54, 1.807) is 12.5 Å². The van der Waals surface area contributed by atoms with Gasteiger partial charge >= 0.3 is 0 Å². The van der Waals surface area contributed by atoms with Crippen molar-refractivity contribution in [3.05, 3.63) is 18.4 Å². The number of halogens is 1. The van der Waals surface area contributed by atoms with Crippen LogP contribution in [0.15, 0.2) is 16.9 Å². The number of ether oxygens (including phenoxy) is 2. The molecule has 0 spiro atoms. The lowest BCUT2D eigenvalue weighted by Crippen LogP contribution is -2.25. The quantitative estimate of drug-likeness (QED) is 0.476. The van der Waals surface area contributed by atoms with Gasteiger partial charge in [0.1, 0.15) is 6.26 Å². The number of hydrogen-bond donors (Lipinski definition) is 0. The molecule has 1 fully saturated rings. The molecule has 21 heavy (non-hydrogen) atoms. The smallest absolute Gasteiger partial charge is 0.193 e. The van der Waals surface area contributed by atoms with Crippen LogP contribution in [0, 0.1) is 0 Å². The van der Waals surface area contributed by atoms with Crippen molar-refractivity contribution >= 4 is 11.6 Å². The normalized spacial score (nSPS) is 19.0. The van der Waals surface area contributed by atoms with E-state index in [1.165, 1.54) is 12.8 Å². The number of alkyl halides is 1. The third kappa shape index (κ3) is 6.37. The second kappa shape index (κ2) is 8.76. The van der Waals surface area contributed by atoms with Crippen molar-refractivity contribution in [2.24, 2.45) is 0 Å². The monoisotopic (exact) mass is 315 g/mol. The average Bonchev–Trinajstić information content (AvgIpc) is 3.11. The van der Waals surface area contributed by atoms with Crippen molar-refractivity contribution in [2.75, 3.05) is 13.2 Å². The predicted octanol–water partition coefficient (Wildman–Crippen LogP) is 4.32. The van der Waals surface area contributed by atoms with Crippen LogP contribution in [0.4, 0.5) is 0 Å². The number of hydrogen-bond acceptors (Lipinski definition) is 4. The maximum Gasteiger partial charge on any atom is 0.193 e. The Bertz CT molecular complexity index is 377. The van der Waals surface area contributed by atoms with Gasteiger partial charge in [-0.05, 0) is 32.6 Å². The molecule has 0 bridgehead atoms. The third-order valence-corrected chi connectivity index (χ3v) is 4.37. The molecule has 2 rings (SSSR count). The fourth-order valence-corrected chi connectivity index (χ4v) is 2.99. The molecule has 5 heteroatoms. The lowest BCUT2D eigenvalue weighted by atomic mass is 10.0. The van der Waals surface area contributed by atoms with Gasteiger partial charge in [0.2, 0.25) is 0 Å². The summed E-state index contributed by atoms with van der Waals surface area (Å²) in [5, 5.41) is 0.259. The maximum atomic E-state index is 6.35. The van der Waals surface area contributed by atoms with E-state index in [0.717, 1.165) is 57.6 Å². The van der Waals surface area contributed by atoms with Gasteiger partial charge in [-0.1, -0.05) is 12.8 Å². The zero-order valence-corrected chi connectivity index (χ0v) is 13.6. The molecule has 1 atom stereocenters. The van der Waals surface area contributed by atoms with Crippen molar-refractivity contribution in [1.29, 1.82) is 0 Å². The second-order valence-electron chi connectivity index (χ2n) is 5.85. The predicted molar refractivity (Wildman–Crippen MR) is 82.5 cm³/mol. The first-order valence-corrected chi connectivity index (χ1v) is 8.42. The molecule has 120 valence electrons. The van der Waals surface area contributed by atoms with Crippen molar-refractivity contribution in [2.45, 2.75) is 69.5 Å². The Morgan fingerprint density at radius 2 is 1.95 bits per heavy atom. The molecule has 0 N–H and O–H groups in total. The van der Waals surface area contributed by atoms with E-state index in [9.17, 15) is 0 Å². The Labute approximate surface area is 132 Å². The molecule has 1 unspecified atom stereocenters. The van der Waals surface area contributed by atoms with Gasteiger partial charge in [0.25, 0.3) is 0 Å². The molecule has 1 saturated heterocycles. The van der Waals surface area contributed by atoms with Crippen molar-refractivity contribution < 1.29 is 13.9 Å². The summed E-state index contributed by atoms with van der Waals surface area (Å²) in [5.41, 5.74) is 0. The number of aryl methyl sites for hydroxylation is 1. The molecule has 1 aromatic heterocycles. The summed E-state index contributed by atoms with van der Waals surface area (Å²) in [7, 11) is 0. The van der Waals surface area contributed by atoms with Crippen LogP contribution in [0.3, 0.4) is 0 Å². The van der Waals surface area contributed by atoms with Gasteiger partial charge in [0.05, 0.1) is 19.4 Å². The lowest BCUT2D eigenvalue weighted by Gasteiger charge is -2.21. The minimum absolute atomic E-state index is 0.259. The zero-order chi connectivity index (χ0) is 15.0. The van der Waals surface area contributed by atoms with E-state index in [0.29, 0.717) is 0 Å². The molecule has 0 aliphatic carbocycles. The number of oxazole rings is 1. The van der Waals surface area contributed by atoms with Crippen LogP contribution in [0.1, 0.15) is 57.8 Å². The molecule has 1 aliphatic rings. The van der Waals surface area contributed by atoms with E-state index in [-0.39, 0.29) is 11.2 Å². The van der Waals surface area contributed by atoms with Gasteiger partial charge < -0.3 is 13.9 Å². The second-order valence-corrected chi connectivity index (χ2v) is 6.46. The summed E-state index contributed by atoms with van der Waals surface area (Å²) in [6, 6.07) is 0. The minimum atomic E-state index is -0.337. The van der Waals surface area contributed by atoms with Crippen LogP contribution in [0.2, 0.25) is 0 Å². The first kappa shape index (κ1) is 16.8. The number of rotatable bonds is 10. The maximum absolute atomic E-state index is 6.35. The molecular weight excluding hydrogens is 290 g/mol. The Morgan fingerprint density at radius 1 is 1.19 bits per heavy atom. The fraction of sp³-hybridized carbons (Fsp3) is 0.812. The first-order valence-electron chi connectivity index (χ1n) is 7.98. The summed E-state index contributed by atoms with van der Waals surface area (Å²) in [4.78, 5) is 4.11. The number of aromatic nitrogens is 1. The van der Waals surface area contributed by atoms with E-state index in [2.05, 4.69) is 4.98 Å². The summed E-state index contributed by atoms with van der Waals surface area (Å²) in [5.74, 6) is 0.472. The first-order chi connectivity index (χ1) is 10.2. The Kier molecular flexibility index (Phi) is 7.00. The van der Waals surface area contributed by atoms with E-state index >= 15 is 0 Å². The van der Waals surface area contributed by atoms with Crippen molar-refractivity contribution in [3.8, 4) is 0 Å². The highest BCUT2D eigenvalue weighted by molar-refractivity contribution is 6.20. The van der Waals surface area contributed by atoms with Crippen LogP contribution in [-0.2, 0) is 15.9 Å². The van der Waals surface area contributed by atoms with Crippen molar-refractivity contribution in [1.82, 2.24) is 4.98 Å². The highest BCUT2D eigenvalue weighted by atomic mass is 35.5. The van der Waals surface area contributed by atoms with Gasteiger partial charge in [-0.25, -0.2) is 4.98 Å². The largest absolute Gasteiger partial charge is 0.449 e. The zero-order valence-electron chi connectivity index (χ0n) is 12.9. The summed E-state index contributed by atoms with van der Waals surface area (Å²) < 4.78 is 16.4. The summed E-state index contributed by atoms with van der Waals surface area (Å²) in [6.07, 6.45) is 11.8. The Balaban J connectivity index is 1.44. The Hall–Kier alpha value is -0.580. The van der Waals surface area contributed by atoms with Gasteiger partial charge in [0, 0.05) is 18.2 Å². The molecule has 1 aromatic rings. The van der Waals surface area contributed by atoms with E-state index in [4.69, 9.17) is 25.5 Å². The minimum Gasteiger partial charge on any atom is -0.449 e. The van der Waals surface area contributed by atoms with Gasteiger partial charge in [-0.3, -0.25) is 0 Å². The van der Waals surface area contributed by atoms with Crippen LogP contribution in [0.5, 0.6) is 0 Å². The third-order valence-electron chi connectivity index (χ3n) is 3.94. The highest BCUT2D eigenvalue weighted by Gasteiger charge is 2.29. The van der Waals surface area contributed by atoms with E-state index < -0.39 is 0 Å². The number of nitrogens with zero attached hydrogens (tertiary/aromatic N) is 1. The molecule has 4 nitrogen and oxygen atoms in total. The topological polar surface area (TPSA) is 44.5 Å². The molecule has 1 aliphatic heterocycles. The highest BCUT2D eigenvalue weighted by Crippen LogP contribution is 2.25. The van der Waals surface area contributed by atoms with Gasteiger partial charge in [-0.15, -0.1) is 11.6 Å².